The number of nitriles is 1. The summed E-state index contributed by atoms with van der Waals surface area (Å²) in [6.07, 6.45) is -7.16. The van der Waals surface area contributed by atoms with Crippen LogP contribution in [0.3, 0.4) is 0 Å². The molecule has 0 bridgehead atoms. The number of nitrogen functional groups attached to an aromatic ring is 1. The lowest BCUT2D eigenvalue weighted by atomic mass is 10.2. The van der Waals surface area contributed by atoms with Gasteiger partial charge in [-0.2, -0.15) is 18.4 Å². The van der Waals surface area contributed by atoms with Crippen LogP contribution >= 0.6 is 0 Å². The molecule has 4 nitrogen and oxygen atoms in total. The third-order valence-electron chi connectivity index (χ3n) is 2.05. The van der Waals surface area contributed by atoms with Gasteiger partial charge in [0.25, 0.3) is 0 Å². The molecule has 0 aliphatic rings. The monoisotopic (exact) mass is 245 g/mol. The van der Waals surface area contributed by atoms with E-state index in [2.05, 4.69) is 5.32 Å². The second-order valence-corrected chi connectivity index (χ2v) is 3.35. The topological polar surface area (TPSA) is 82.1 Å². The molecule has 1 rings (SSSR count). The molecule has 1 unspecified atom stereocenters. The van der Waals surface area contributed by atoms with Crippen molar-refractivity contribution >= 4 is 11.4 Å². The van der Waals surface area contributed by atoms with Gasteiger partial charge < -0.3 is 16.2 Å². The van der Waals surface area contributed by atoms with Crippen molar-refractivity contribution in [3.63, 3.8) is 0 Å². The van der Waals surface area contributed by atoms with E-state index in [0.29, 0.717) is 0 Å². The minimum absolute atomic E-state index is 0.187. The number of nitrogens with zero attached hydrogens (tertiary/aromatic N) is 1. The molecule has 1 aromatic carbocycles. The molecule has 1 atom stereocenters. The van der Waals surface area contributed by atoms with Gasteiger partial charge in [0.1, 0.15) is 0 Å². The number of alkyl halides is 3. The molecular formula is C10H10F3N3O. The molecule has 17 heavy (non-hydrogen) atoms. The summed E-state index contributed by atoms with van der Waals surface area (Å²) in [6.45, 7) is -0.720. The summed E-state index contributed by atoms with van der Waals surface area (Å²) in [5, 5.41) is 19.7. The zero-order valence-electron chi connectivity index (χ0n) is 8.62. The first kappa shape index (κ1) is 13.1. The van der Waals surface area contributed by atoms with Crippen LogP contribution in [0.1, 0.15) is 5.56 Å². The predicted molar refractivity (Wildman–Crippen MR) is 56.1 cm³/mol. The summed E-state index contributed by atoms with van der Waals surface area (Å²) in [5.74, 6) is 0. The maximum Gasteiger partial charge on any atom is 0.416 e. The molecule has 92 valence electrons. The number of nitrogens with one attached hydrogen (secondary N) is 1. The third-order valence-corrected chi connectivity index (χ3v) is 2.05. The van der Waals surface area contributed by atoms with E-state index in [1.807, 2.05) is 6.07 Å². The summed E-state index contributed by atoms with van der Waals surface area (Å²) in [7, 11) is 0. The molecule has 0 amide bonds. The van der Waals surface area contributed by atoms with Gasteiger partial charge in [-0.25, -0.2) is 0 Å². The number of aliphatic hydroxyl groups excluding tert-OH is 1. The Morgan fingerprint density at radius 3 is 2.65 bits per heavy atom. The fourth-order valence-corrected chi connectivity index (χ4v) is 1.10. The lowest BCUT2D eigenvalue weighted by Crippen LogP contribution is -2.35. The van der Waals surface area contributed by atoms with Crippen molar-refractivity contribution in [1.82, 2.24) is 0 Å². The highest BCUT2D eigenvalue weighted by molar-refractivity contribution is 5.68. The molecule has 0 aliphatic carbocycles. The van der Waals surface area contributed by atoms with Gasteiger partial charge in [-0.1, -0.05) is 0 Å². The van der Waals surface area contributed by atoms with Gasteiger partial charge in [0.2, 0.25) is 0 Å². The van der Waals surface area contributed by atoms with Crippen LogP contribution in [0.5, 0.6) is 0 Å². The Kier molecular flexibility index (Phi) is 3.81. The number of nitrogens with two attached hydrogens (primary N) is 1. The van der Waals surface area contributed by atoms with E-state index in [1.54, 1.807) is 0 Å². The first-order valence-corrected chi connectivity index (χ1v) is 4.63. The summed E-state index contributed by atoms with van der Waals surface area (Å²) >= 11 is 0. The van der Waals surface area contributed by atoms with Crippen LogP contribution < -0.4 is 11.1 Å². The first-order chi connectivity index (χ1) is 7.84. The Morgan fingerprint density at radius 1 is 1.47 bits per heavy atom. The van der Waals surface area contributed by atoms with Crippen LogP contribution in [0.4, 0.5) is 24.5 Å². The van der Waals surface area contributed by atoms with Gasteiger partial charge in [-0.05, 0) is 18.2 Å². The number of benzene rings is 1. The number of hydrogen-bond acceptors (Lipinski definition) is 4. The smallest absolute Gasteiger partial charge is 0.397 e. The van der Waals surface area contributed by atoms with Gasteiger partial charge >= 0.3 is 6.18 Å². The van der Waals surface area contributed by atoms with E-state index in [0.717, 1.165) is 0 Å². The Morgan fingerprint density at radius 2 is 2.12 bits per heavy atom. The molecule has 0 spiro atoms. The van der Waals surface area contributed by atoms with Crippen molar-refractivity contribution in [2.24, 2.45) is 0 Å². The fourth-order valence-electron chi connectivity index (χ4n) is 1.10. The first-order valence-electron chi connectivity index (χ1n) is 4.63. The molecule has 0 saturated carbocycles. The van der Waals surface area contributed by atoms with Gasteiger partial charge in [0, 0.05) is 6.54 Å². The van der Waals surface area contributed by atoms with Gasteiger partial charge in [0.05, 0.1) is 23.0 Å². The molecule has 7 heteroatoms. The van der Waals surface area contributed by atoms with E-state index in [9.17, 15) is 13.2 Å². The van der Waals surface area contributed by atoms with Crippen molar-refractivity contribution in [3.8, 4) is 6.07 Å². The van der Waals surface area contributed by atoms with E-state index in [1.165, 1.54) is 18.2 Å². The van der Waals surface area contributed by atoms with Crippen LogP contribution in [0.2, 0.25) is 0 Å². The predicted octanol–water partition coefficient (Wildman–Crippen LogP) is 1.48. The molecule has 4 N–H and O–H groups in total. The second-order valence-electron chi connectivity index (χ2n) is 3.35. The number of halogens is 3. The number of hydrogen-bond donors (Lipinski definition) is 3. The molecule has 0 fully saturated rings. The van der Waals surface area contributed by atoms with Crippen LogP contribution in [-0.4, -0.2) is 23.9 Å². The zero-order valence-corrected chi connectivity index (χ0v) is 8.62. The maximum absolute atomic E-state index is 12.0. The van der Waals surface area contributed by atoms with Crippen molar-refractivity contribution < 1.29 is 18.3 Å². The molecule has 0 radical (unpaired) electrons. The highest BCUT2D eigenvalue weighted by Crippen LogP contribution is 2.23. The highest BCUT2D eigenvalue weighted by atomic mass is 19.4. The van der Waals surface area contributed by atoms with Crippen LogP contribution in [0.25, 0.3) is 0 Å². The molecule has 1 aromatic rings. The maximum atomic E-state index is 12.0. The Bertz CT molecular complexity index is 439. The van der Waals surface area contributed by atoms with Crippen molar-refractivity contribution in [1.29, 1.82) is 5.26 Å². The number of aliphatic hydroxyl groups is 1. The van der Waals surface area contributed by atoms with Gasteiger partial charge in [0.15, 0.2) is 6.10 Å². The Hall–Kier alpha value is -1.94. The molecule has 0 heterocycles. The van der Waals surface area contributed by atoms with Gasteiger partial charge in [-0.15, -0.1) is 0 Å². The minimum atomic E-state index is -4.69. The van der Waals surface area contributed by atoms with E-state index < -0.39 is 18.8 Å². The summed E-state index contributed by atoms with van der Waals surface area (Å²) in [5.41, 5.74) is 6.17. The Balaban J connectivity index is 2.73. The second kappa shape index (κ2) is 4.93. The van der Waals surface area contributed by atoms with E-state index >= 15 is 0 Å². The van der Waals surface area contributed by atoms with Crippen molar-refractivity contribution in [2.75, 3.05) is 17.6 Å². The molecule has 0 saturated heterocycles. The van der Waals surface area contributed by atoms with E-state index in [4.69, 9.17) is 16.1 Å². The standard InChI is InChI=1S/C10H10F3N3O/c11-10(12,13)9(17)5-16-8-3-6(4-14)1-2-7(8)15/h1-3,9,16-17H,5,15H2. The van der Waals surface area contributed by atoms with Crippen LogP contribution in [0.15, 0.2) is 18.2 Å². The quantitative estimate of drug-likeness (QED) is 0.704. The average Bonchev–Trinajstić information content (AvgIpc) is 2.26. The molecule has 0 aromatic heterocycles. The van der Waals surface area contributed by atoms with E-state index in [-0.39, 0.29) is 16.9 Å². The Labute approximate surface area is 95.5 Å². The summed E-state index contributed by atoms with van der Waals surface area (Å²) in [4.78, 5) is 0. The highest BCUT2D eigenvalue weighted by Gasteiger charge is 2.37. The lowest BCUT2D eigenvalue weighted by Gasteiger charge is -2.16. The van der Waals surface area contributed by atoms with Gasteiger partial charge in [-0.3, -0.25) is 0 Å². The summed E-state index contributed by atoms with van der Waals surface area (Å²) in [6, 6.07) is 6.00. The fraction of sp³-hybridized carbons (Fsp3) is 0.300. The van der Waals surface area contributed by atoms with Crippen molar-refractivity contribution in [3.05, 3.63) is 23.8 Å². The average molecular weight is 245 g/mol. The van der Waals surface area contributed by atoms with Crippen molar-refractivity contribution in [2.45, 2.75) is 12.3 Å². The van der Waals surface area contributed by atoms with Crippen LogP contribution in [-0.2, 0) is 0 Å². The third kappa shape index (κ3) is 3.53. The SMILES string of the molecule is N#Cc1ccc(N)c(NCC(O)C(F)(F)F)c1. The number of anilines is 2. The van der Waals surface area contributed by atoms with Crippen LogP contribution in [0, 0.1) is 11.3 Å². The summed E-state index contributed by atoms with van der Waals surface area (Å²) < 4.78 is 36.1. The lowest BCUT2D eigenvalue weighted by molar-refractivity contribution is -0.198. The molecule has 0 aliphatic heterocycles. The molecular weight excluding hydrogens is 235 g/mol. The normalized spacial score (nSPS) is 12.9. The minimum Gasteiger partial charge on any atom is -0.397 e. The zero-order chi connectivity index (χ0) is 13.1. The largest absolute Gasteiger partial charge is 0.416 e. The number of rotatable bonds is 3.